The fraction of sp³-hybridized carbons (Fsp3) is 0.318. The van der Waals surface area contributed by atoms with Crippen molar-refractivity contribution >= 4 is 11.9 Å². The molecule has 0 aliphatic carbocycles. The predicted octanol–water partition coefficient (Wildman–Crippen LogP) is 3.00. The number of fused-ring (bicyclic) bond motifs is 2. The number of amides is 1. The first-order valence-electron chi connectivity index (χ1n) is 9.78. The molecule has 4 heterocycles. The van der Waals surface area contributed by atoms with Gasteiger partial charge in [0, 0.05) is 30.4 Å². The lowest BCUT2D eigenvalue weighted by molar-refractivity contribution is 0.0485. The van der Waals surface area contributed by atoms with E-state index in [1.165, 1.54) is 0 Å². The molecule has 1 aromatic carbocycles. The van der Waals surface area contributed by atoms with Crippen LogP contribution in [-0.4, -0.2) is 40.5 Å². The molecule has 1 saturated heterocycles. The summed E-state index contributed by atoms with van der Waals surface area (Å²) in [4.78, 5) is 24.1. The van der Waals surface area contributed by atoms with Gasteiger partial charge in [-0.25, -0.2) is 9.97 Å². The van der Waals surface area contributed by atoms with Crippen LogP contribution in [0.5, 0.6) is 0 Å². The van der Waals surface area contributed by atoms with Crippen molar-refractivity contribution in [2.45, 2.75) is 25.0 Å². The predicted molar refractivity (Wildman–Crippen MR) is 106 cm³/mol. The van der Waals surface area contributed by atoms with Crippen molar-refractivity contribution in [2.75, 3.05) is 25.0 Å². The van der Waals surface area contributed by atoms with Crippen molar-refractivity contribution < 1.29 is 13.9 Å². The lowest BCUT2D eigenvalue weighted by Gasteiger charge is -2.34. The van der Waals surface area contributed by atoms with Crippen LogP contribution in [0.2, 0.25) is 0 Å². The number of carbonyl (C=O) groups is 1. The summed E-state index contributed by atoms with van der Waals surface area (Å²) in [5.41, 5.74) is 2.41. The molecule has 2 aliphatic rings. The number of likely N-dealkylation sites (tertiary alicyclic amines) is 1. The summed E-state index contributed by atoms with van der Waals surface area (Å²) < 4.78 is 11.2. The summed E-state index contributed by atoms with van der Waals surface area (Å²) in [7, 11) is 0. The second-order valence-corrected chi connectivity index (χ2v) is 7.62. The maximum Gasteiger partial charge on any atom is 0.253 e. The lowest BCUT2D eigenvalue weighted by atomic mass is 9.80. The first-order chi connectivity index (χ1) is 14.2. The molecular weight excluding hydrogens is 368 g/mol. The number of anilines is 1. The van der Waals surface area contributed by atoms with Crippen molar-refractivity contribution in [3.63, 3.8) is 0 Å². The molecule has 3 aromatic rings. The maximum atomic E-state index is 12.9. The molecule has 1 N–H and O–H groups in total. The van der Waals surface area contributed by atoms with Crippen LogP contribution in [-0.2, 0) is 23.3 Å². The van der Waals surface area contributed by atoms with Crippen molar-refractivity contribution in [1.82, 2.24) is 14.9 Å². The Morgan fingerprint density at radius 1 is 1.21 bits per heavy atom. The van der Waals surface area contributed by atoms with Gasteiger partial charge in [0.05, 0.1) is 37.1 Å². The van der Waals surface area contributed by atoms with E-state index in [2.05, 4.69) is 10.3 Å². The van der Waals surface area contributed by atoms with Gasteiger partial charge in [-0.2, -0.15) is 0 Å². The standard InChI is InChI=1S/C22H22N4O3/c27-20(16-5-2-1-3-6-16)26-9-8-22(14-26)15-28-13-17-11-23-21(25-19(17)22)24-12-18-7-4-10-29-18/h1-7,10-11H,8-9,12-15H2,(H,23,24,25). The van der Waals surface area contributed by atoms with Crippen molar-refractivity contribution in [3.05, 3.63) is 77.5 Å². The molecule has 1 atom stereocenters. The van der Waals surface area contributed by atoms with Crippen molar-refractivity contribution in [2.24, 2.45) is 0 Å². The molecule has 1 amide bonds. The Balaban J connectivity index is 1.38. The molecule has 148 valence electrons. The van der Waals surface area contributed by atoms with Crippen molar-refractivity contribution in [1.29, 1.82) is 0 Å². The van der Waals surface area contributed by atoms with Crippen LogP contribution in [0.4, 0.5) is 5.95 Å². The number of nitrogens with zero attached hydrogens (tertiary/aromatic N) is 3. The van der Waals surface area contributed by atoms with Crippen LogP contribution >= 0.6 is 0 Å². The number of aromatic nitrogens is 2. The van der Waals surface area contributed by atoms with Crippen LogP contribution < -0.4 is 5.32 Å². The molecule has 0 saturated carbocycles. The quantitative estimate of drug-likeness (QED) is 0.738. The van der Waals surface area contributed by atoms with Gasteiger partial charge >= 0.3 is 0 Å². The fourth-order valence-corrected chi connectivity index (χ4v) is 4.18. The van der Waals surface area contributed by atoms with Gasteiger partial charge < -0.3 is 19.4 Å². The summed E-state index contributed by atoms with van der Waals surface area (Å²) >= 11 is 0. The number of nitrogens with one attached hydrogen (secondary N) is 1. The summed E-state index contributed by atoms with van der Waals surface area (Å²) in [5, 5.41) is 3.23. The van der Waals surface area contributed by atoms with E-state index in [4.69, 9.17) is 14.1 Å². The molecule has 1 unspecified atom stereocenters. The molecule has 1 spiro atoms. The summed E-state index contributed by atoms with van der Waals surface area (Å²) in [6.45, 7) is 2.88. The second-order valence-electron chi connectivity index (χ2n) is 7.62. The third-order valence-corrected chi connectivity index (χ3v) is 5.67. The first-order valence-corrected chi connectivity index (χ1v) is 9.78. The fourth-order valence-electron chi connectivity index (χ4n) is 4.18. The Labute approximate surface area is 168 Å². The van der Waals surface area contributed by atoms with Gasteiger partial charge in [-0.1, -0.05) is 18.2 Å². The number of carbonyl (C=O) groups excluding carboxylic acids is 1. The highest BCUT2D eigenvalue weighted by Crippen LogP contribution is 2.39. The highest BCUT2D eigenvalue weighted by atomic mass is 16.5. The SMILES string of the molecule is O=C(c1ccccc1)N1CCC2(COCc3cnc(NCc4ccco4)nc32)C1. The van der Waals surface area contributed by atoms with Crippen LogP contribution in [0.25, 0.3) is 0 Å². The van der Waals surface area contributed by atoms with Crippen LogP contribution in [0.3, 0.4) is 0 Å². The van der Waals surface area contributed by atoms with Gasteiger partial charge in [0.15, 0.2) is 0 Å². The average molecular weight is 390 g/mol. The van der Waals surface area contributed by atoms with Gasteiger partial charge in [-0.05, 0) is 30.7 Å². The van der Waals surface area contributed by atoms with E-state index in [9.17, 15) is 4.79 Å². The maximum absolute atomic E-state index is 12.9. The Bertz CT molecular complexity index is 1010. The van der Waals surface area contributed by atoms with Crippen LogP contribution in [0.15, 0.2) is 59.3 Å². The minimum atomic E-state index is -0.290. The first kappa shape index (κ1) is 17.9. The third kappa shape index (κ3) is 3.38. The minimum absolute atomic E-state index is 0.0554. The van der Waals surface area contributed by atoms with E-state index in [-0.39, 0.29) is 11.3 Å². The Hall–Kier alpha value is -3.19. The number of hydrogen-bond donors (Lipinski definition) is 1. The molecular formula is C22H22N4O3. The molecule has 29 heavy (non-hydrogen) atoms. The van der Waals surface area contributed by atoms with E-state index in [1.54, 1.807) is 6.26 Å². The highest BCUT2D eigenvalue weighted by molar-refractivity contribution is 5.94. The number of furan rings is 1. The minimum Gasteiger partial charge on any atom is -0.467 e. The molecule has 0 radical (unpaired) electrons. The third-order valence-electron chi connectivity index (χ3n) is 5.67. The number of hydrogen-bond acceptors (Lipinski definition) is 6. The van der Waals surface area contributed by atoms with Gasteiger partial charge in [0.25, 0.3) is 5.91 Å². The monoisotopic (exact) mass is 390 g/mol. The average Bonchev–Trinajstić information content (AvgIpc) is 3.44. The van der Waals surface area contributed by atoms with Gasteiger partial charge in [0.1, 0.15) is 5.76 Å². The number of ether oxygens (including phenoxy) is 1. The van der Waals surface area contributed by atoms with Gasteiger partial charge in [-0.15, -0.1) is 0 Å². The Morgan fingerprint density at radius 2 is 2.10 bits per heavy atom. The summed E-state index contributed by atoms with van der Waals surface area (Å²) in [5.74, 6) is 1.44. The molecule has 2 aromatic heterocycles. The molecule has 0 bridgehead atoms. The van der Waals surface area contributed by atoms with E-state index in [0.717, 1.165) is 23.4 Å². The van der Waals surface area contributed by atoms with E-state index in [0.29, 0.717) is 44.4 Å². The van der Waals surface area contributed by atoms with Crippen LogP contribution in [0, 0.1) is 0 Å². The van der Waals surface area contributed by atoms with E-state index in [1.807, 2.05) is 53.6 Å². The second kappa shape index (κ2) is 7.33. The Morgan fingerprint density at radius 3 is 2.93 bits per heavy atom. The molecule has 2 aliphatic heterocycles. The number of benzene rings is 1. The lowest BCUT2D eigenvalue weighted by Crippen LogP contribution is -2.41. The highest BCUT2D eigenvalue weighted by Gasteiger charge is 2.46. The van der Waals surface area contributed by atoms with Gasteiger partial charge in [0.2, 0.25) is 5.95 Å². The zero-order valence-corrected chi connectivity index (χ0v) is 16.0. The topological polar surface area (TPSA) is 80.5 Å². The molecule has 7 nitrogen and oxygen atoms in total. The number of rotatable bonds is 4. The van der Waals surface area contributed by atoms with Crippen LogP contribution in [0.1, 0.15) is 33.8 Å². The zero-order valence-electron chi connectivity index (χ0n) is 16.0. The smallest absolute Gasteiger partial charge is 0.253 e. The van der Waals surface area contributed by atoms with E-state index < -0.39 is 0 Å². The zero-order chi connectivity index (χ0) is 19.7. The molecule has 1 fully saturated rings. The molecule has 5 rings (SSSR count). The summed E-state index contributed by atoms with van der Waals surface area (Å²) in [6.07, 6.45) is 4.30. The normalized spacial score (nSPS) is 20.6. The van der Waals surface area contributed by atoms with E-state index >= 15 is 0 Å². The largest absolute Gasteiger partial charge is 0.467 e. The van der Waals surface area contributed by atoms with Crippen molar-refractivity contribution in [3.8, 4) is 0 Å². The molecule has 7 heteroatoms. The Kier molecular flexibility index (Phi) is 4.52. The summed E-state index contributed by atoms with van der Waals surface area (Å²) in [6, 6.07) is 13.2. The van der Waals surface area contributed by atoms with Gasteiger partial charge in [-0.3, -0.25) is 4.79 Å².